The van der Waals surface area contributed by atoms with E-state index in [4.69, 9.17) is 9.47 Å². The van der Waals surface area contributed by atoms with Crippen molar-refractivity contribution < 1.29 is 14.3 Å². The average Bonchev–Trinajstić information content (AvgIpc) is 2.32. The molecule has 0 saturated carbocycles. The number of nitrogens with one attached hydrogen (secondary N) is 2. The van der Waals surface area contributed by atoms with E-state index in [-0.39, 0.29) is 5.91 Å². The van der Waals surface area contributed by atoms with E-state index in [0.717, 1.165) is 13.1 Å². The number of hydrogen-bond acceptors (Lipinski definition) is 4. The molecule has 1 amide bonds. The van der Waals surface area contributed by atoms with Crippen molar-refractivity contribution in [3.05, 3.63) is 0 Å². The summed E-state index contributed by atoms with van der Waals surface area (Å²) < 4.78 is 10.1. The van der Waals surface area contributed by atoms with Gasteiger partial charge in [-0.05, 0) is 13.3 Å². The number of carbonyl (C=O) groups is 1. The van der Waals surface area contributed by atoms with Crippen LogP contribution in [-0.4, -0.2) is 52.0 Å². The summed E-state index contributed by atoms with van der Waals surface area (Å²) in [5.41, 5.74) is -0.716. The summed E-state index contributed by atoms with van der Waals surface area (Å²) in [5, 5.41) is 5.98. The number of ether oxygens (including phenoxy) is 2. The Morgan fingerprint density at radius 1 is 1.25 bits per heavy atom. The Morgan fingerprint density at radius 2 is 1.94 bits per heavy atom. The minimum atomic E-state index is -0.716. The summed E-state index contributed by atoms with van der Waals surface area (Å²) in [6.45, 7) is 6.53. The van der Waals surface area contributed by atoms with Crippen LogP contribution in [0.25, 0.3) is 0 Å². The highest BCUT2D eigenvalue weighted by atomic mass is 16.5. The van der Waals surface area contributed by atoms with Crippen molar-refractivity contribution in [1.82, 2.24) is 10.6 Å². The molecule has 0 rings (SSSR count). The van der Waals surface area contributed by atoms with Crippen LogP contribution < -0.4 is 10.6 Å². The van der Waals surface area contributed by atoms with E-state index < -0.39 is 5.60 Å². The molecule has 5 nitrogen and oxygen atoms in total. The van der Waals surface area contributed by atoms with Crippen LogP contribution in [0.3, 0.4) is 0 Å². The lowest BCUT2D eigenvalue weighted by molar-refractivity contribution is -0.141. The summed E-state index contributed by atoms with van der Waals surface area (Å²) in [4.78, 5) is 11.7. The fourth-order valence-corrected chi connectivity index (χ4v) is 1.15. The molecule has 5 heteroatoms. The number of hydrogen-bond donors (Lipinski definition) is 2. The summed E-state index contributed by atoms with van der Waals surface area (Å²) in [6, 6.07) is 0. The third kappa shape index (κ3) is 5.44. The highest BCUT2D eigenvalue weighted by Crippen LogP contribution is 2.13. The first kappa shape index (κ1) is 15.3. The zero-order chi connectivity index (χ0) is 12.4. The van der Waals surface area contributed by atoms with Gasteiger partial charge in [-0.1, -0.05) is 6.92 Å². The molecule has 0 spiro atoms. The van der Waals surface area contributed by atoms with Crippen LogP contribution in [0.15, 0.2) is 0 Å². The molecule has 0 aromatic carbocycles. The molecule has 0 aliphatic rings. The van der Waals surface area contributed by atoms with E-state index >= 15 is 0 Å². The molecule has 0 aromatic heterocycles. The van der Waals surface area contributed by atoms with E-state index in [0.29, 0.717) is 19.6 Å². The van der Waals surface area contributed by atoms with Gasteiger partial charge in [-0.15, -0.1) is 0 Å². The Hall–Kier alpha value is -0.650. The topological polar surface area (TPSA) is 59.6 Å². The van der Waals surface area contributed by atoms with Crippen LogP contribution in [0.1, 0.15) is 20.3 Å². The number of rotatable bonds is 9. The van der Waals surface area contributed by atoms with E-state index in [1.54, 1.807) is 21.1 Å². The van der Waals surface area contributed by atoms with Gasteiger partial charge in [0.15, 0.2) is 0 Å². The summed E-state index contributed by atoms with van der Waals surface area (Å²) in [5.74, 6) is -0.0639. The van der Waals surface area contributed by atoms with Crippen LogP contribution in [0.2, 0.25) is 0 Å². The predicted octanol–water partition coefficient (Wildman–Crippen LogP) is 0.154. The maximum absolute atomic E-state index is 11.7. The molecule has 96 valence electrons. The van der Waals surface area contributed by atoms with Gasteiger partial charge < -0.3 is 20.1 Å². The highest BCUT2D eigenvalue weighted by molar-refractivity contribution is 5.84. The van der Waals surface area contributed by atoms with Crippen molar-refractivity contribution in [2.24, 2.45) is 0 Å². The zero-order valence-electron chi connectivity index (χ0n) is 10.8. The van der Waals surface area contributed by atoms with E-state index in [2.05, 4.69) is 10.6 Å². The Kier molecular flexibility index (Phi) is 8.15. The maximum Gasteiger partial charge on any atom is 0.251 e. The third-order valence-electron chi connectivity index (χ3n) is 2.68. The maximum atomic E-state index is 11.7. The highest BCUT2D eigenvalue weighted by Gasteiger charge is 2.30. The fourth-order valence-electron chi connectivity index (χ4n) is 1.15. The van der Waals surface area contributed by atoms with Crippen molar-refractivity contribution in [2.45, 2.75) is 25.9 Å². The normalized spacial score (nSPS) is 14.5. The van der Waals surface area contributed by atoms with Gasteiger partial charge >= 0.3 is 0 Å². The second-order valence-corrected chi connectivity index (χ2v) is 3.79. The van der Waals surface area contributed by atoms with Crippen molar-refractivity contribution in [3.8, 4) is 0 Å². The molecule has 0 radical (unpaired) electrons. The summed E-state index contributed by atoms with van der Waals surface area (Å²) >= 11 is 0. The Labute approximate surface area is 97.9 Å². The molecule has 0 aliphatic heterocycles. The zero-order valence-corrected chi connectivity index (χ0v) is 10.8. The van der Waals surface area contributed by atoms with Gasteiger partial charge in [-0.2, -0.15) is 0 Å². The molecule has 1 atom stereocenters. The molecule has 0 bridgehead atoms. The van der Waals surface area contributed by atoms with Gasteiger partial charge in [0.25, 0.3) is 5.91 Å². The number of methoxy groups -OCH3 is 2. The van der Waals surface area contributed by atoms with Gasteiger partial charge in [0.05, 0.1) is 6.61 Å². The van der Waals surface area contributed by atoms with Gasteiger partial charge in [-0.3, -0.25) is 4.79 Å². The molecule has 1 unspecified atom stereocenters. The van der Waals surface area contributed by atoms with E-state index in [9.17, 15) is 4.79 Å². The molecule has 0 fully saturated rings. The largest absolute Gasteiger partial charge is 0.383 e. The first-order valence-electron chi connectivity index (χ1n) is 5.63. The first-order chi connectivity index (χ1) is 7.60. The fraction of sp³-hybridized carbons (Fsp3) is 0.909. The molecular weight excluding hydrogens is 208 g/mol. The first-order valence-corrected chi connectivity index (χ1v) is 5.63. The Morgan fingerprint density at radius 3 is 2.44 bits per heavy atom. The quantitative estimate of drug-likeness (QED) is 0.556. The van der Waals surface area contributed by atoms with E-state index in [1.165, 1.54) is 0 Å². The van der Waals surface area contributed by atoms with Gasteiger partial charge in [0.1, 0.15) is 5.60 Å². The molecule has 0 heterocycles. The molecule has 0 aromatic rings. The molecule has 16 heavy (non-hydrogen) atoms. The minimum absolute atomic E-state index is 0.0639. The molecular formula is C11H24N2O3. The van der Waals surface area contributed by atoms with Crippen LogP contribution >= 0.6 is 0 Å². The Balaban J connectivity index is 3.64. The third-order valence-corrected chi connectivity index (χ3v) is 2.68. The van der Waals surface area contributed by atoms with Crippen molar-refractivity contribution in [1.29, 1.82) is 0 Å². The Bertz CT molecular complexity index is 194. The average molecular weight is 232 g/mol. The number of amides is 1. The van der Waals surface area contributed by atoms with Gasteiger partial charge in [0, 0.05) is 33.9 Å². The number of carbonyl (C=O) groups excluding carboxylic acids is 1. The van der Waals surface area contributed by atoms with Crippen molar-refractivity contribution in [3.63, 3.8) is 0 Å². The van der Waals surface area contributed by atoms with Crippen LogP contribution in [0.4, 0.5) is 0 Å². The lowest BCUT2D eigenvalue weighted by atomic mass is 10.0. The summed E-state index contributed by atoms with van der Waals surface area (Å²) in [6.07, 6.45) is 0.659. The van der Waals surface area contributed by atoms with Crippen molar-refractivity contribution >= 4 is 5.91 Å². The van der Waals surface area contributed by atoms with Gasteiger partial charge in [-0.25, -0.2) is 0 Å². The smallest absolute Gasteiger partial charge is 0.251 e. The van der Waals surface area contributed by atoms with Crippen LogP contribution in [0, 0.1) is 0 Å². The summed E-state index contributed by atoms with van der Waals surface area (Å²) in [7, 11) is 3.22. The molecule has 0 aliphatic carbocycles. The van der Waals surface area contributed by atoms with Crippen LogP contribution in [0.5, 0.6) is 0 Å². The van der Waals surface area contributed by atoms with Crippen molar-refractivity contribution in [2.75, 3.05) is 40.5 Å². The monoisotopic (exact) mass is 232 g/mol. The second kappa shape index (κ2) is 8.50. The van der Waals surface area contributed by atoms with Crippen LogP contribution in [-0.2, 0) is 14.3 Å². The SMILES string of the molecule is CCC(C)(OC)C(=O)NCCNCCOC. The van der Waals surface area contributed by atoms with E-state index in [1.807, 2.05) is 6.92 Å². The lowest BCUT2D eigenvalue weighted by Gasteiger charge is -2.25. The predicted molar refractivity (Wildman–Crippen MR) is 63.5 cm³/mol. The molecule has 0 saturated heterocycles. The molecule has 2 N–H and O–H groups in total. The standard InChI is InChI=1S/C11H24N2O3/c1-5-11(2,16-4)10(14)13-7-6-12-8-9-15-3/h12H,5-9H2,1-4H3,(H,13,14). The second-order valence-electron chi connectivity index (χ2n) is 3.79. The lowest BCUT2D eigenvalue weighted by Crippen LogP contribution is -2.47. The minimum Gasteiger partial charge on any atom is -0.383 e. The van der Waals surface area contributed by atoms with Gasteiger partial charge in [0.2, 0.25) is 0 Å².